The molecule has 0 unspecified atom stereocenters. The Labute approximate surface area is 121 Å². The Morgan fingerprint density at radius 1 is 1.42 bits per heavy atom. The average molecular weight is 314 g/mol. The van der Waals surface area contributed by atoms with E-state index in [2.05, 4.69) is 22.4 Å². The van der Waals surface area contributed by atoms with Gasteiger partial charge >= 0.3 is 0 Å². The summed E-state index contributed by atoms with van der Waals surface area (Å²) < 4.78 is 23.0. The second-order valence-electron chi connectivity index (χ2n) is 4.59. The van der Waals surface area contributed by atoms with Crippen LogP contribution >= 0.6 is 23.5 Å². The Morgan fingerprint density at radius 2 is 2.26 bits per heavy atom. The number of nitrogens with zero attached hydrogens (tertiary/aromatic N) is 1. The maximum Gasteiger partial charge on any atom is 0.161 e. The van der Waals surface area contributed by atoms with Crippen LogP contribution in [0.1, 0.15) is 0 Å². The molecule has 2 atom stereocenters. The van der Waals surface area contributed by atoms with Crippen molar-refractivity contribution in [2.75, 3.05) is 23.1 Å². The van der Waals surface area contributed by atoms with Crippen molar-refractivity contribution >= 4 is 44.2 Å². The van der Waals surface area contributed by atoms with Gasteiger partial charge in [0.05, 0.1) is 17.5 Å². The van der Waals surface area contributed by atoms with Gasteiger partial charge < -0.3 is 5.32 Å². The van der Waals surface area contributed by atoms with Gasteiger partial charge in [0, 0.05) is 15.8 Å². The molecular formula is C12H14N2O2S3. The number of fused-ring (bicyclic) bond motifs is 1. The highest BCUT2D eigenvalue weighted by Gasteiger charge is 2.42. The summed E-state index contributed by atoms with van der Waals surface area (Å²) in [6, 6.07) is 8.05. The van der Waals surface area contributed by atoms with Gasteiger partial charge in [0.25, 0.3) is 0 Å². The van der Waals surface area contributed by atoms with Crippen molar-refractivity contribution < 1.29 is 8.42 Å². The summed E-state index contributed by atoms with van der Waals surface area (Å²) in [5.41, 5.74) is 1.00. The van der Waals surface area contributed by atoms with E-state index in [-0.39, 0.29) is 22.8 Å². The second-order valence-corrected chi connectivity index (χ2v) is 8.85. The quantitative estimate of drug-likeness (QED) is 0.847. The number of nitrogens with one attached hydrogen (secondary N) is 1. The van der Waals surface area contributed by atoms with Gasteiger partial charge in [0.2, 0.25) is 0 Å². The van der Waals surface area contributed by atoms with Crippen LogP contribution in [0.25, 0.3) is 0 Å². The van der Waals surface area contributed by atoms with E-state index in [0.29, 0.717) is 0 Å². The SMILES string of the molecule is CSc1cccc(NC2=N[C@@H]3CS(=O)(=O)C[C@@H]3S2)c1. The molecule has 7 heteroatoms. The fraction of sp³-hybridized carbons (Fsp3) is 0.417. The molecule has 2 aliphatic rings. The van der Waals surface area contributed by atoms with Crippen LogP contribution in [0, 0.1) is 0 Å². The van der Waals surface area contributed by atoms with Crippen molar-refractivity contribution in [2.24, 2.45) is 4.99 Å². The minimum absolute atomic E-state index is 0.0683. The van der Waals surface area contributed by atoms with Gasteiger partial charge in [0.1, 0.15) is 0 Å². The molecule has 1 fully saturated rings. The summed E-state index contributed by atoms with van der Waals surface area (Å²) in [7, 11) is -2.87. The molecule has 1 N–H and O–H groups in total. The van der Waals surface area contributed by atoms with Gasteiger partial charge in [-0.3, -0.25) is 4.99 Å². The molecule has 0 radical (unpaired) electrons. The fourth-order valence-corrected chi connectivity index (χ4v) is 6.38. The highest BCUT2D eigenvalue weighted by Crippen LogP contribution is 2.34. The molecule has 0 spiro atoms. The van der Waals surface area contributed by atoms with Crippen LogP contribution in [0.15, 0.2) is 34.2 Å². The van der Waals surface area contributed by atoms with Crippen LogP contribution in [0.2, 0.25) is 0 Å². The van der Waals surface area contributed by atoms with Crippen molar-refractivity contribution in [1.82, 2.24) is 0 Å². The zero-order valence-electron chi connectivity index (χ0n) is 10.4. The second kappa shape index (κ2) is 5.03. The first-order valence-electron chi connectivity index (χ1n) is 5.92. The lowest BCUT2D eigenvalue weighted by molar-refractivity contribution is 0.601. The average Bonchev–Trinajstić information content (AvgIpc) is 2.82. The Balaban J connectivity index is 1.72. The minimum atomic E-state index is -2.87. The number of hydrogen-bond acceptors (Lipinski definition) is 6. The fourth-order valence-electron chi connectivity index (χ4n) is 2.24. The van der Waals surface area contributed by atoms with Crippen LogP contribution in [0.5, 0.6) is 0 Å². The van der Waals surface area contributed by atoms with Gasteiger partial charge in [-0.15, -0.1) is 11.8 Å². The van der Waals surface area contributed by atoms with E-state index in [1.807, 2.05) is 18.4 Å². The molecule has 4 nitrogen and oxygen atoms in total. The van der Waals surface area contributed by atoms with Gasteiger partial charge in [-0.25, -0.2) is 8.42 Å². The maximum atomic E-state index is 11.5. The third-order valence-corrected chi connectivity index (χ3v) is 7.01. The molecular weight excluding hydrogens is 300 g/mol. The standard InChI is InChI=1S/C12H14N2O2S3/c1-17-9-4-2-3-8(5-9)13-12-14-10-6-19(15,16)7-11(10)18-12/h2-5,10-11H,6-7H2,1H3,(H,13,14)/t10-,11+/m1/s1. The summed E-state index contributed by atoms with van der Waals surface area (Å²) in [5.74, 6) is 0.447. The molecule has 1 aromatic rings. The molecule has 1 aromatic carbocycles. The first-order valence-corrected chi connectivity index (χ1v) is 9.84. The van der Waals surface area contributed by atoms with E-state index in [9.17, 15) is 8.42 Å². The van der Waals surface area contributed by atoms with Gasteiger partial charge in [-0.1, -0.05) is 17.8 Å². The van der Waals surface area contributed by atoms with E-state index in [4.69, 9.17) is 0 Å². The Hall–Kier alpha value is -0.660. The number of sulfone groups is 1. The minimum Gasteiger partial charge on any atom is -0.335 e. The molecule has 0 amide bonds. The van der Waals surface area contributed by atoms with Gasteiger partial charge in [0.15, 0.2) is 15.0 Å². The summed E-state index contributed by atoms with van der Waals surface area (Å²) in [4.78, 5) is 5.67. The Bertz CT molecular complexity index is 628. The van der Waals surface area contributed by atoms with Crippen LogP contribution in [0.4, 0.5) is 5.69 Å². The number of amidine groups is 1. The van der Waals surface area contributed by atoms with Crippen LogP contribution in [-0.4, -0.2) is 42.6 Å². The summed E-state index contributed by atoms with van der Waals surface area (Å²) in [6.07, 6.45) is 2.04. The molecule has 102 valence electrons. The third kappa shape index (κ3) is 2.93. The zero-order chi connectivity index (χ0) is 13.5. The van der Waals surface area contributed by atoms with E-state index in [1.165, 1.54) is 4.90 Å². The van der Waals surface area contributed by atoms with E-state index in [1.54, 1.807) is 23.5 Å². The summed E-state index contributed by atoms with van der Waals surface area (Å²) >= 11 is 3.24. The molecule has 2 heterocycles. The van der Waals surface area contributed by atoms with Crippen LogP contribution < -0.4 is 5.32 Å². The number of thioether (sulfide) groups is 2. The van der Waals surface area contributed by atoms with E-state index >= 15 is 0 Å². The predicted molar refractivity (Wildman–Crippen MR) is 83.1 cm³/mol. The highest BCUT2D eigenvalue weighted by atomic mass is 32.2. The Kier molecular flexibility index (Phi) is 3.53. The third-order valence-electron chi connectivity index (χ3n) is 3.14. The number of anilines is 1. The molecule has 1 saturated heterocycles. The monoisotopic (exact) mass is 314 g/mol. The maximum absolute atomic E-state index is 11.5. The van der Waals surface area contributed by atoms with E-state index in [0.717, 1.165) is 10.9 Å². The van der Waals surface area contributed by atoms with Crippen LogP contribution in [-0.2, 0) is 9.84 Å². The molecule has 0 saturated carbocycles. The molecule has 0 aromatic heterocycles. The topological polar surface area (TPSA) is 58.5 Å². The zero-order valence-corrected chi connectivity index (χ0v) is 12.8. The van der Waals surface area contributed by atoms with Crippen molar-refractivity contribution in [1.29, 1.82) is 0 Å². The smallest absolute Gasteiger partial charge is 0.161 e. The number of benzene rings is 1. The lowest BCUT2D eigenvalue weighted by atomic mass is 10.3. The van der Waals surface area contributed by atoms with Crippen molar-refractivity contribution in [3.8, 4) is 0 Å². The Morgan fingerprint density at radius 3 is 3.00 bits per heavy atom. The normalized spacial score (nSPS) is 27.9. The van der Waals surface area contributed by atoms with E-state index < -0.39 is 9.84 Å². The predicted octanol–water partition coefficient (Wildman–Crippen LogP) is 2.09. The first-order chi connectivity index (χ1) is 9.05. The number of aliphatic imine (C=N–C) groups is 1. The lowest BCUT2D eigenvalue weighted by Gasteiger charge is -2.07. The molecule has 19 heavy (non-hydrogen) atoms. The molecule has 0 bridgehead atoms. The highest BCUT2D eigenvalue weighted by molar-refractivity contribution is 8.15. The van der Waals surface area contributed by atoms with Crippen LogP contribution in [0.3, 0.4) is 0 Å². The van der Waals surface area contributed by atoms with Crippen molar-refractivity contribution in [3.05, 3.63) is 24.3 Å². The number of hydrogen-bond donors (Lipinski definition) is 1. The number of rotatable bonds is 2. The summed E-state index contributed by atoms with van der Waals surface area (Å²) in [6.45, 7) is 0. The van der Waals surface area contributed by atoms with Crippen molar-refractivity contribution in [3.63, 3.8) is 0 Å². The van der Waals surface area contributed by atoms with Gasteiger partial charge in [-0.05, 0) is 24.5 Å². The van der Waals surface area contributed by atoms with Crippen molar-refractivity contribution in [2.45, 2.75) is 16.2 Å². The lowest BCUT2D eigenvalue weighted by Crippen LogP contribution is -2.13. The molecule has 0 aliphatic carbocycles. The first kappa shape index (κ1) is 13.3. The summed E-state index contributed by atoms with van der Waals surface area (Å²) in [5, 5.41) is 4.21. The molecule has 2 aliphatic heterocycles. The van der Waals surface area contributed by atoms with Gasteiger partial charge in [-0.2, -0.15) is 0 Å². The molecule has 3 rings (SSSR count). The largest absolute Gasteiger partial charge is 0.335 e.